The maximum absolute atomic E-state index is 13.5. The summed E-state index contributed by atoms with van der Waals surface area (Å²) in [6.45, 7) is 3.95. The molecule has 13 nitrogen and oxygen atoms in total. The van der Waals surface area contributed by atoms with E-state index in [2.05, 4.69) is 59.1 Å². The number of rotatable bonds is 8. The number of halogens is 2. The Morgan fingerprint density at radius 2 is 1.78 bits per heavy atom. The fourth-order valence-corrected chi connectivity index (χ4v) is 7.15. The van der Waals surface area contributed by atoms with E-state index in [1.165, 1.54) is 22.0 Å². The van der Waals surface area contributed by atoms with Gasteiger partial charge in [0.2, 0.25) is 11.8 Å². The topological polar surface area (TPSA) is 139 Å². The lowest BCUT2D eigenvalue weighted by Gasteiger charge is -2.38. The van der Waals surface area contributed by atoms with Crippen LogP contribution in [0.5, 0.6) is 0 Å². The van der Waals surface area contributed by atoms with Crippen molar-refractivity contribution in [3.8, 4) is 0 Å². The molecular formula is C34H36ClFN10O3. The summed E-state index contributed by atoms with van der Waals surface area (Å²) >= 11 is 6.50. The number of anilines is 6. The van der Waals surface area contributed by atoms with Crippen LogP contribution in [-0.4, -0.2) is 90.3 Å². The Morgan fingerprint density at radius 1 is 1.00 bits per heavy atom. The minimum atomic E-state index is -1.00. The highest BCUT2D eigenvalue weighted by atomic mass is 35.5. The van der Waals surface area contributed by atoms with Crippen molar-refractivity contribution in [2.45, 2.75) is 43.9 Å². The van der Waals surface area contributed by atoms with Crippen LogP contribution in [0.3, 0.4) is 0 Å². The standard InChI is InChI=1S/C34H36ClFN10O3/c1-37-26-17-30(42-46-29(18-38-32(26)46)34(49)40-25-16-22(25)36)45-10-9-20-27(3-2-4-28(20)45)44-13-11-43(12-14-44)19-5-6-21(35)24(15-19)39-23-7-8-31(47)41-33(23)48/h2-6,15,17-18,22-23,25,37,39H,7-14,16H2,1H3,(H,40,49)(H,41,47,48)/t22-,23?,25+/m0/s1. The molecule has 4 N–H and O–H groups in total. The van der Waals surface area contributed by atoms with E-state index in [0.29, 0.717) is 41.4 Å². The van der Waals surface area contributed by atoms with E-state index in [0.717, 1.165) is 56.2 Å². The van der Waals surface area contributed by atoms with Crippen molar-refractivity contribution in [2.75, 3.05) is 65.1 Å². The van der Waals surface area contributed by atoms with E-state index in [9.17, 15) is 18.8 Å². The van der Waals surface area contributed by atoms with Crippen molar-refractivity contribution in [2.24, 2.45) is 0 Å². The number of alkyl halides is 1. The number of fused-ring (bicyclic) bond motifs is 2. The number of piperazine rings is 1. The highest BCUT2D eigenvalue weighted by molar-refractivity contribution is 6.33. The molecule has 5 heterocycles. The van der Waals surface area contributed by atoms with E-state index in [1.807, 2.05) is 24.3 Å². The zero-order chi connectivity index (χ0) is 33.8. The predicted octanol–water partition coefficient (Wildman–Crippen LogP) is 3.50. The molecule has 0 spiro atoms. The van der Waals surface area contributed by atoms with Crippen LogP contribution in [0.4, 0.5) is 38.6 Å². The van der Waals surface area contributed by atoms with Gasteiger partial charge in [-0.3, -0.25) is 19.7 Å². The summed E-state index contributed by atoms with van der Waals surface area (Å²) in [4.78, 5) is 48.2. The number of benzene rings is 2. The van der Waals surface area contributed by atoms with Gasteiger partial charge in [-0.2, -0.15) is 0 Å². The van der Waals surface area contributed by atoms with Gasteiger partial charge in [-0.05, 0) is 43.2 Å². The summed E-state index contributed by atoms with van der Waals surface area (Å²) < 4.78 is 15.0. The summed E-state index contributed by atoms with van der Waals surface area (Å²) in [7, 11) is 1.81. The molecular weight excluding hydrogens is 651 g/mol. The van der Waals surface area contributed by atoms with Crippen molar-refractivity contribution in [1.82, 2.24) is 25.2 Å². The number of hydrogen-bond acceptors (Lipinski definition) is 10. The second-order valence-corrected chi connectivity index (χ2v) is 13.2. The molecule has 1 saturated carbocycles. The van der Waals surface area contributed by atoms with Gasteiger partial charge in [0.1, 0.15) is 12.2 Å². The Morgan fingerprint density at radius 3 is 2.53 bits per heavy atom. The number of carbonyl (C=O) groups excluding carboxylic acids is 3. The van der Waals surface area contributed by atoms with Crippen LogP contribution in [-0.2, 0) is 16.0 Å². The molecule has 3 aliphatic heterocycles. The fourth-order valence-electron chi connectivity index (χ4n) is 6.98. The summed E-state index contributed by atoms with van der Waals surface area (Å²) in [5.41, 5.74) is 6.71. The third-order valence-corrected chi connectivity index (χ3v) is 10.1. The molecule has 2 aromatic carbocycles. The molecule has 254 valence electrons. The zero-order valence-electron chi connectivity index (χ0n) is 26.9. The maximum atomic E-state index is 13.5. The van der Waals surface area contributed by atoms with Gasteiger partial charge in [0.25, 0.3) is 5.91 Å². The summed E-state index contributed by atoms with van der Waals surface area (Å²) in [6.07, 6.45) is 2.36. The van der Waals surface area contributed by atoms with Crippen molar-refractivity contribution in [3.63, 3.8) is 0 Å². The Hall–Kier alpha value is -5.11. The first-order valence-electron chi connectivity index (χ1n) is 16.6. The molecule has 3 atom stereocenters. The third kappa shape index (κ3) is 5.83. The normalized spacial score (nSPS) is 21.9. The lowest BCUT2D eigenvalue weighted by Crippen LogP contribution is -2.47. The van der Waals surface area contributed by atoms with Crippen molar-refractivity contribution < 1.29 is 18.8 Å². The van der Waals surface area contributed by atoms with Gasteiger partial charge in [-0.1, -0.05) is 17.7 Å². The van der Waals surface area contributed by atoms with Crippen molar-refractivity contribution in [3.05, 3.63) is 64.9 Å². The molecule has 15 heteroatoms. The second-order valence-electron chi connectivity index (χ2n) is 12.8. The van der Waals surface area contributed by atoms with Crippen LogP contribution < -0.4 is 36.0 Å². The number of aromatic nitrogens is 3. The monoisotopic (exact) mass is 686 g/mol. The molecule has 1 aliphatic carbocycles. The lowest BCUT2D eigenvalue weighted by atomic mass is 10.1. The van der Waals surface area contributed by atoms with E-state index in [4.69, 9.17) is 16.7 Å². The molecule has 0 bridgehead atoms. The zero-order valence-corrected chi connectivity index (χ0v) is 27.6. The van der Waals surface area contributed by atoms with Gasteiger partial charge in [0, 0.05) is 81.3 Å². The van der Waals surface area contributed by atoms with E-state index < -0.39 is 24.2 Å². The first-order valence-corrected chi connectivity index (χ1v) is 17.0. The average molecular weight is 687 g/mol. The van der Waals surface area contributed by atoms with Gasteiger partial charge in [-0.25, -0.2) is 13.9 Å². The largest absolute Gasteiger partial charge is 0.385 e. The smallest absolute Gasteiger partial charge is 0.271 e. The summed E-state index contributed by atoms with van der Waals surface area (Å²) in [5.74, 6) is -0.299. The SMILES string of the molecule is CNc1cc(N2CCc3c(N4CCN(c5ccc(Cl)c(NC6CCC(=O)NC6=O)c5)CC4)cccc32)nn2c(C(=O)N[C@@H]3C[C@@H]3F)cnc12. The number of nitrogens with zero attached hydrogens (tertiary/aromatic N) is 6. The average Bonchev–Trinajstić information content (AvgIpc) is 3.44. The Labute approximate surface area is 286 Å². The molecule has 0 radical (unpaired) electrons. The van der Waals surface area contributed by atoms with Crippen LogP contribution in [0.15, 0.2) is 48.7 Å². The molecule has 4 aliphatic rings. The van der Waals surface area contributed by atoms with Crippen LogP contribution in [0.1, 0.15) is 35.3 Å². The molecule has 2 aromatic heterocycles. The van der Waals surface area contributed by atoms with Crippen LogP contribution in [0.25, 0.3) is 5.65 Å². The van der Waals surface area contributed by atoms with Gasteiger partial charge in [0.15, 0.2) is 17.2 Å². The second kappa shape index (κ2) is 12.4. The van der Waals surface area contributed by atoms with Gasteiger partial charge in [0.05, 0.1) is 28.6 Å². The minimum absolute atomic E-state index is 0.254. The molecule has 4 aromatic rings. The molecule has 1 unspecified atom stereocenters. The highest BCUT2D eigenvalue weighted by Crippen LogP contribution is 2.40. The molecule has 3 amide bonds. The van der Waals surface area contributed by atoms with Crippen LogP contribution >= 0.6 is 11.6 Å². The predicted molar refractivity (Wildman–Crippen MR) is 186 cm³/mol. The number of amides is 3. The van der Waals surface area contributed by atoms with Crippen LogP contribution in [0.2, 0.25) is 5.02 Å². The molecule has 8 rings (SSSR count). The fraction of sp³-hybridized carbons (Fsp3) is 0.382. The summed E-state index contributed by atoms with van der Waals surface area (Å²) in [6, 6.07) is 13.1. The van der Waals surface area contributed by atoms with Crippen LogP contribution in [0, 0.1) is 0 Å². The molecule has 2 saturated heterocycles. The lowest BCUT2D eigenvalue weighted by molar-refractivity contribution is -0.133. The van der Waals surface area contributed by atoms with Gasteiger partial charge >= 0.3 is 0 Å². The van der Waals surface area contributed by atoms with Crippen molar-refractivity contribution >= 4 is 69.2 Å². The number of imidazole rings is 1. The Kier molecular flexibility index (Phi) is 7.89. The van der Waals surface area contributed by atoms with Gasteiger partial charge in [-0.15, -0.1) is 5.10 Å². The first-order chi connectivity index (χ1) is 23.8. The first kappa shape index (κ1) is 31.2. The Bertz CT molecular complexity index is 1980. The highest BCUT2D eigenvalue weighted by Gasteiger charge is 2.39. The van der Waals surface area contributed by atoms with Gasteiger partial charge < -0.3 is 30.7 Å². The number of piperidine rings is 1. The van der Waals surface area contributed by atoms with Crippen molar-refractivity contribution in [1.29, 1.82) is 0 Å². The number of carbonyl (C=O) groups is 3. The number of imide groups is 1. The number of hydrogen-bond donors (Lipinski definition) is 4. The Balaban J connectivity index is 0.989. The molecule has 49 heavy (non-hydrogen) atoms. The summed E-state index contributed by atoms with van der Waals surface area (Å²) in [5, 5.41) is 16.9. The van der Waals surface area contributed by atoms with E-state index in [1.54, 1.807) is 7.05 Å². The van der Waals surface area contributed by atoms with E-state index >= 15 is 0 Å². The molecule has 3 fully saturated rings. The quantitative estimate of drug-likeness (QED) is 0.204. The minimum Gasteiger partial charge on any atom is -0.385 e. The number of nitrogens with one attached hydrogen (secondary N) is 4. The maximum Gasteiger partial charge on any atom is 0.271 e. The van der Waals surface area contributed by atoms with E-state index in [-0.39, 0.29) is 17.5 Å². The third-order valence-electron chi connectivity index (χ3n) is 9.77.